The fourth-order valence-electron chi connectivity index (χ4n) is 4.69. The maximum atomic E-state index is 13.9. The number of rotatable bonds is 6. The van der Waals surface area contributed by atoms with Crippen LogP contribution < -0.4 is 4.31 Å². The molecule has 0 spiro atoms. The first kappa shape index (κ1) is 25.3. The zero-order valence-corrected chi connectivity index (χ0v) is 22.4. The van der Waals surface area contributed by atoms with Crippen molar-refractivity contribution in [2.24, 2.45) is 0 Å². The van der Waals surface area contributed by atoms with Crippen LogP contribution in [0, 0.1) is 18.8 Å². The van der Waals surface area contributed by atoms with Crippen molar-refractivity contribution in [2.45, 2.75) is 32.2 Å². The Hall–Kier alpha value is -4.34. The van der Waals surface area contributed by atoms with Gasteiger partial charge in [0, 0.05) is 39.5 Å². The fraction of sp³-hybridized carbons (Fsp3) is 0.156. The monoisotopic (exact) mass is 520 g/mol. The second kappa shape index (κ2) is 10.2. The number of hydrogen-bond donors (Lipinski definition) is 0. The Bertz CT molecular complexity index is 1820. The molecule has 6 heteroatoms. The zero-order chi connectivity index (χ0) is 26.9. The molecule has 5 rings (SSSR count). The number of para-hydroxylation sites is 1. The molecule has 5 aromatic rings. The summed E-state index contributed by atoms with van der Waals surface area (Å²) in [5.74, 6) is 6.08. The SMILES string of the molecule is CCn1c2ccccc2c2cc(N(CC#Cc3ccc(C(C)=O)cc3)S(=O)(=O)c3ccc(C)cc3)ccc21. The summed E-state index contributed by atoms with van der Waals surface area (Å²) < 4.78 is 31.4. The number of aromatic nitrogens is 1. The average molecular weight is 521 g/mol. The molecule has 0 aliphatic carbocycles. The Morgan fingerprint density at radius 2 is 1.55 bits per heavy atom. The maximum absolute atomic E-state index is 13.9. The number of fused-ring (bicyclic) bond motifs is 3. The van der Waals surface area contributed by atoms with Gasteiger partial charge in [0.05, 0.1) is 17.1 Å². The molecular weight excluding hydrogens is 492 g/mol. The third kappa shape index (κ3) is 4.69. The van der Waals surface area contributed by atoms with E-state index in [-0.39, 0.29) is 17.2 Å². The molecule has 0 aliphatic rings. The Kier molecular flexibility index (Phi) is 6.79. The molecular formula is C32H28N2O3S. The third-order valence-electron chi connectivity index (χ3n) is 6.72. The fourth-order valence-corrected chi connectivity index (χ4v) is 6.05. The number of Topliss-reactive ketones (excluding diaryl/α,β-unsaturated/α-hetero) is 1. The van der Waals surface area contributed by atoms with E-state index < -0.39 is 10.0 Å². The van der Waals surface area contributed by atoms with E-state index >= 15 is 0 Å². The molecule has 190 valence electrons. The van der Waals surface area contributed by atoms with Crippen molar-refractivity contribution >= 4 is 43.3 Å². The maximum Gasteiger partial charge on any atom is 0.265 e. The molecule has 0 aliphatic heterocycles. The lowest BCUT2D eigenvalue weighted by Crippen LogP contribution is -2.31. The lowest BCUT2D eigenvalue weighted by atomic mass is 10.1. The highest BCUT2D eigenvalue weighted by Gasteiger charge is 2.25. The minimum Gasteiger partial charge on any atom is -0.341 e. The summed E-state index contributed by atoms with van der Waals surface area (Å²) in [7, 11) is -3.88. The van der Waals surface area contributed by atoms with Gasteiger partial charge in [-0.2, -0.15) is 0 Å². The summed E-state index contributed by atoms with van der Waals surface area (Å²) in [5.41, 5.74) is 5.03. The van der Waals surface area contributed by atoms with Crippen molar-refractivity contribution in [1.29, 1.82) is 0 Å². The number of benzene rings is 4. The first-order chi connectivity index (χ1) is 18.3. The van der Waals surface area contributed by atoms with Gasteiger partial charge in [0.1, 0.15) is 0 Å². The predicted molar refractivity (Wildman–Crippen MR) is 154 cm³/mol. The van der Waals surface area contributed by atoms with Crippen LogP contribution in [0.5, 0.6) is 0 Å². The van der Waals surface area contributed by atoms with Gasteiger partial charge in [0.25, 0.3) is 10.0 Å². The van der Waals surface area contributed by atoms with Gasteiger partial charge < -0.3 is 4.57 Å². The minimum absolute atomic E-state index is 0.0142. The normalized spacial score (nSPS) is 11.3. The van der Waals surface area contributed by atoms with Gasteiger partial charge in [-0.25, -0.2) is 8.42 Å². The van der Waals surface area contributed by atoms with Crippen LogP contribution in [0.25, 0.3) is 21.8 Å². The average Bonchev–Trinajstić information content (AvgIpc) is 3.24. The molecule has 0 N–H and O–H groups in total. The number of hydrogen-bond acceptors (Lipinski definition) is 3. The second-order valence-corrected chi connectivity index (χ2v) is 11.1. The molecule has 0 saturated heterocycles. The van der Waals surface area contributed by atoms with Crippen molar-refractivity contribution in [3.05, 3.63) is 108 Å². The molecule has 1 heterocycles. The van der Waals surface area contributed by atoms with Crippen LogP contribution in [0.3, 0.4) is 0 Å². The first-order valence-corrected chi connectivity index (χ1v) is 13.9. The third-order valence-corrected chi connectivity index (χ3v) is 8.50. The molecule has 0 fully saturated rings. The van der Waals surface area contributed by atoms with Gasteiger partial charge in [0.2, 0.25) is 0 Å². The number of ketones is 1. The lowest BCUT2D eigenvalue weighted by Gasteiger charge is -2.23. The summed E-state index contributed by atoms with van der Waals surface area (Å²) in [6.45, 7) is 6.33. The predicted octanol–water partition coefficient (Wildman–Crippen LogP) is 6.57. The number of nitrogens with zero attached hydrogens (tertiary/aromatic N) is 2. The van der Waals surface area contributed by atoms with Crippen molar-refractivity contribution in [3.8, 4) is 11.8 Å². The van der Waals surface area contributed by atoms with E-state index in [4.69, 9.17) is 0 Å². The van der Waals surface area contributed by atoms with E-state index in [0.717, 1.165) is 33.9 Å². The van der Waals surface area contributed by atoms with Crippen LogP contribution in [-0.2, 0) is 16.6 Å². The minimum atomic E-state index is -3.88. The Labute approximate surface area is 223 Å². The number of sulfonamides is 1. The number of aryl methyl sites for hydroxylation is 2. The zero-order valence-electron chi connectivity index (χ0n) is 21.6. The quantitative estimate of drug-likeness (QED) is 0.188. The van der Waals surface area contributed by atoms with Crippen LogP contribution in [0.1, 0.15) is 35.3 Å². The van der Waals surface area contributed by atoms with E-state index in [0.29, 0.717) is 16.8 Å². The van der Waals surface area contributed by atoms with Gasteiger partial charge in [-0.15, -0.1) is 0 Å². The van der Waals surface area contributed by atoms with Gasteiger partial charge in [-0.3, -0.25) is 9.10 Å². The Morgan fingerprint density at radius 1 is 0.868 bits per heavy atom. The van der Waals surface area contributed by atoms with Crippen molar-refractivity contribution < 1.29 is 13.2 Å². The molecule has 0 atom stereocenters. The van der Waals surface area contributed by atoms with Crippen molar-refractivity contribution in [3.63, 3.8) is 0 Å². The first-order valence-electron chi connectivity index (χ1n) is 12.5. The number of anilines is 1. The number of carbonyl (C=O) groups excluding carboxylic acids is 1. The standard InChI is InChI=1S/C32H28N2O3S/c1-4-33-31-10-6-5-9-29(31)30-22-27(17-20-32(30)33)34(38(36,37)28-18-11-23(2)12-19-28)21-7-8-25-13-15-26(16-14-25)24(3)35/h5-6,9-20,22H,4,21H2,1-3H3. The highest BCUT2D eigenvalue weighted by atomic mass is 32.2. The highest BCUT2D eigenvalue weighted by Crippen LogP contribution is 2.33. The van der Waals surface area contributed by atoms with Gasteiger partial charge in [-0.1, -0.05) is 59.9 Å². The molecule has 0 radical (unpaired) electrons. The lowest BCUT2D eigenvalue weighted by molar-refractivity contribution is 0.101. The van der Waals surface area contributed by atoms with E-state index in [2.05, 4.69) is 35.5 Å². The van der Waals surface area contributed by atoms with Gasteiger partial charge >= 0.3 is 0 Å². The molecule has 4 aromatic carbocycles. The Morgan fingerprint density at radius 3 is 2.24 bits per heavy atom. The second-order valence-electron chi connectivity index (χ2n) is 9.22. The molecule has 0 unspecified atom stereocenters. The smallest absolute Gasteiger partial charge is 0.265 e. The molecule has 38 heavy (non-hydrogen) atoms. The summed E-state index contributed by atoms with van der Waals surface area (Å²) in [6.07, 6.45) is 0. The van der Waals surface area contributed by atoms with Crippen LogP contribution in [0.2, 0.25) is 0 Å². The molecule has 5 nitrogen and oxygen atoms in total. The summed E-state index contributed by atoms with van der Waals surface area (Å²) in [6, 6.07) is 27.8. The number of carbonyl (C=O) groups is 1. The van der Waals surface area contributed by atoms with Crippen molar-refractivity contribution in [2.75, 3.05) is 10.8 Å². The van der Waals surface area contributed by atoms with E-state index in [9.17, 15) is 13.2 Å². The van der Waals surface area contributed by atoms with E-state index in [1.165, 1.54) is 11.2 Å². The molecule has 1 aromatic heterocycles. The molecule has 0 saturated carbocycles. The summed E-state index contributed by atoms with van der Waals surface area (Å²) in [5, 5.41) is 2.08. The molecule has 0 bridgehead atoms. The van der Waals surface area contributed by atoms with Gasteiger partial charge in [-0.05, 0) is 69.3 Å². The van der Waals surface area contributed by atoms with Crippen LogP contribution in [0.4, 0.5) is 5.69 Å². The van der Waals surface area contributed by atoms with E-state index in [1.807, 2.05) is 37.3 Å². The summed E-state index contributed by atoms with van der Waals surface area (Å²) >= 11 is 0. The Balaban J connectivity index is 1.61. The largest absolute Gasteiger partial charge is 0.341 e. The summed E-state index contributed by atoms with van der Waals surface area (Å²) in [4.78, 5) is 11.8. The van der Waals surface area contributed by atoms with Gasteiger partial charge in [0.15, 0.2) is 5.78 Å². The van der Waals surface area contributed by atoms with Crippen LogP contribution >= 0.6 is 0 Å². The van der Waals surface area contributed by atoms with Crippen LogP contribution in [0.15, 0.2) is 95.9 Å². The molecule has 0 amide bonds. The van der Waals surface area contributed by atoms with E-state index in [1.54, 1.807) is 48.5 Å². The highest BCUT2D eigenvalue weighted by molar-refractivity contribution is 7.92. The van der Waals surface area contributed by atoms with Crippen LogP contribution in [-0.4, -0.2) is 25.3 Å². The topological polar surface area (TPSA) is 59.4 Å². The van der Waals surface area contributed by atoms with Crippen molar-refractivity contribution in [1.82, 2.24) is 4.57 Å².